The van der Waals surface area contributed by atoms with Crippen LogP contribution in [0.2, 0.25) is 0 Å². The zero-order valence-corrected chi connectivity index (χ0v) is 13.3. The molecule has 0 saturated carbocycles. The van der Waals surface area contributed by atoms with Gasteiger partial charge in [-0.3, -0.25) is 4.79 Å². The van der Waals surface area contributed by atoms with Gasteiger partial charge in [-0.05, 0) is 36.6 Å². The fourth-order valence-electron chi connectivity index (χ4n) is 1.74. The van der Waals surface area contributed by atoms with Crippen LogP contribution < -0.4 is 10.6 Å². The van der Waals surface area contributed by atoms with E-state index in [0.717, 1.165) is 10.0 Å². The molecule has 2 amide bonds. The molecule has 1 aromatic carbocycles. The standard InChI is InChI=1S/C14H19BrN2O3/c1-8(2)11(13(18)19)7-16-14(20)17-12-5-4-10(15)6-9(12)3/h4-6,8,11H,7H2,1-3H3,(H,18,19)(H2,16,17,20). The Morgan fingerprint density at radius 1 is 1.35 bits per heavy atom. The summed E-state index contributed by atoms with van der Waals surface area (Å²) in [4.78, 5) is 22.8. The topological polar surface area (TPSA) is 78.4 Å². The van der Waals surface area contributed by atoms with Crippen molar-refractivity contribution in [2.45, 2.75) is 20.8 Å². The second kappa shape index (κ2) is 7.28. The molecule has 0 aromatic heterocycles. The molecule has 0 fully saturated rings. The summed E-state index contributed by atoms with van der Waals surface area (Å²) in [5.41, 5.74) is 1.62. The van der Waals surface area contributed by atoms with Gasteiger partial charge in [-0.1, -0.05) is 29.8 Å². The average molecular weight is 343 g/mol. The molecule has 1 unspecified atom stereocenters. The zero-order chi connectivity index (χ0) is 15.3. The molecule has 0 radical (unpaired) electrons. The largest absolute Gasteiger partial charge is 0.481 e. The van der Waals surface area contributed by atoms with Crippen LogP contribution in [-0.2, 0) is 4.79 Å². The average Bonchev–Trinajstić information content (AvgIpc) is 2.32. The highest BCUT2D eigenvalue weighted by Crippen LogP contribution is 2.19. The third kappa shape index (κ3) is 4.85. The molecule has 110 valence electrons. The summed E-state index contributed by atoms with van der Waals surface area (Å²) < 4.78 is 0.937. The molecule has 1 rings (SSSR count). The van der Waals surface area contributed by atoms with Crippen molar-refractivity contribution < 1.29 is 14.7 Å². The smallest absolute Gasteiger partial charge is 0.319 e. The number of hydrogen-bond donors (Lipinski definition) is 3. The van der Waals surface area contributed by atoms with Gasteiger partial charge in [0.2, 0.25) is 0 Å². The van der Waals surface area contributed by atoms with Crippen LogP contribution in [0.1, 0.15) is 19.4 Å². The van der Waals surface area contributed by atoms with Crippen molar-refractivity contribution in [3.05, 3.63) is 28.2 Å². The van der Waals surface area contributed by atoms with Crippen molar-refractivity contribution in [3.63, 3.8) is 0 Å². The molecule has 0 spiro atoms. The number of halogens is 1. The number of nitrogens with one attached hydrogen (secondary N) is 2. The minimum absolute atomic E-state index is 0.0396. The van der Waals surface area contributed by atoms with E-state index in [-0.39, 0.29) is 12.5 Å². The molecule has 1 atom stereocenters. The van der Waals surface area contributed by atoms with Crippen LogP contribution in [0.5, 0.6) is 0 Å². The molecule has 0 bridgehead atoms. The maximum Gasteiger partial charge on any atom is 0.319 e. The molecule has 20 heavy (non-hydrogen) atoms. The molecule has 1 aromatic rings. The van der Waals surface area contributed by atoms with Gasteiger partial charge in [-0.2, -0.15) is 0 Å². The zero-order valence-electron chi connectivity index (χ0n) is 11.7. The molecular formula is C14H19BrN2O3. The minimum Gasteiger partial charge on any atom is -0.481 e. The number of hydrogen-bond acceptors (Lipinski definition) is 2. The van der Waals surface area contributed by atoms with Crippen molar-refractivity contribution in [1.82, 2.24) is 5.32 Å². The lowest BCUT2D eigenvalue weighted by atomic mass is 9.96. The number of amides is 2. The molecule has 5 nitrogen and oxygen atoms in total. The SMILES string of the molecule is Cc1cc(Br)ccc1NC(=O)NCC(C(=O)O)C(C)C. The summed E-state index contributed by atoms with van der Waals surface area (Å²) in [6.45, 7) is 5.62. The number of benzene rings is 1. The molecule has 0 saturated heterocycles. The van der Waals surface area contributed by atoms with Crippen LogP contribution in [0.25, 0.3) is 0 Å². The molecular weight excluding hydrogens is 324 g/mol. The van der Waals surface area contributed by atoms with Crippen molar-refractivity contribution >= 4 is 33.6 Å². The lowest BCUT2D eigenvalue weighted by molar-refractivity contribution is -0.142. The van der Waals surface area contributed by atoms with Crippen LogP contribution in [0.15, 0.2) is 22.7 Å². The van der Waals surface area contributed by atoms with Gasteiger partial charge in [-0.15, -0.1) is 0 Å². The molecule has 0 aliphatic rings. The number of carbonyl (C=O) groups is 2. The summed E-state index contributed by atoms with van der Waals surface area (Å²) in [6.07, 6.45) is 0. The summed E-state index contributed by atoms with van der Waals surface area (Å²) in [7, 11) is 0. The van der Waals surface area contributed by atoms with E-state index in [4.69, 9.17) is 5.11 Å². The van der Waals surface area contributed by atoms with Gasteiger partial charge in [-0.25, -0.2) is 4.79 Å². The summed E-state index contributed by atoms with van der Waals surface area (Å²) >= 11 is 3.35. The predicted octanol–water partition coefficient (Wildman–Crippen LogP) is 3.24. The Hall–Kier alpha value is -1.56. The summed E-state index contributed by atoms with van der Waals surface area (Å²) in [5.74, 6) is -1.53. The van der Waals surface area contributed by atoms with Crippen LogP contribution in [0.4, 0.5) is 10.5 Å². The number of carboxylic acids is 1. The number of aliphatic carboxylic acids is 1. The summed E-state index contributed by atoms with van der Waals surface area (Å²) in [5, 5.41) is 14.3. The maximum atomic E-state index is 11.8. The number of anilines is 1. The number of aryl methyl sites for hydroxylation is 1. The van der Waals surface area contributed by atoms with E-state index in [1.807, 2.05) is 32.9 Å². The number of carboxylic acid groups (broad SMARTS) is 1. The quantitative estimate of drug-likeness (QED) is 0.768. The van der Waals surface area contributed by atoms with Gasteiger partial charge in [0.25, 0.3) is 0 Å². The van der Waals surface area contributed by atoms with E-state index < -0.39 is 17.9 Å². The number of carbonyl (C=O) groups excluding carboxylic acids is 1. The second-order valence-electron chi connectivity index (χ2n) is 4.98. The Morgan fingerprint density at radius 2 is 2.00 bits per heavy atom. The van der Waals surface area contributed by atoms with Crippen LogP contribution >= 0.6 is 15.9 Å². The molecule has 0 aliphatic heterocycles. The molecule has 3 N–H and O–H groups in total. The predicted molar refractivity (Wildman–Crippen MR) is 81.9 cm³/mol. The monoisotopic (exact) mass is 342 g/mol. The van der Waals surface area contributed by atoms with Gasteiger partial charge in [0.15, 0.2) is 0 Å². The van der Waals surface area contributed by atoms with E-state index in [1.165, 1.54) is 0 Å². The minimum atomic E-state index is -0.903. The van der Waals surface area contributed by atoms with E-state index in [2.05, 4.69) is 26.6 Å². The van der Waals surface area contributed by atoms with Crippen molar-refractivity contribution in [1.29, 1.82) is 0 Å². The first kappa shape index (κ1) is 16.5. The maximum absolute atomic E-state index is 11.8. The van der Waals surface area contributed by atoms with Crippen LogP contribution in [-0.4, -0.2) is 23.7 Å². The molecule has 0 heterocycles. The number of urea groups is 1. The van der Waals surface area contributed by atoms with Gasteiger partial charge < -0.3 is 15.7 Å². The highest BCUT2D eigenvalue weighted by Gasteiger charge is 2.21. The van der Waals surface area contributed by atoms with Crippen LogP contribution in [0, 0.1) is 18.8 Å². The Kier molecular flexibility index (Phi) is 6.01. The van der Waals surface area contributed by atoms with E-state index in [9.17, 15) is 9.59 Å². The molecule has 0 aliphatic carbocycles. The van der Waals surface area contributed by atoms with Gasteiger partial charge >= 0.3 is 12.0 Å². The Morgan fingerprint density at radius 3 is 2.50 bits per heavy atom. The van der Waals surface area contributed by atoms with Crippen molar-refractivity contribution in [2.24, 2.45) is 11.8 Å². The van der Waals surface area contributed by atoms with E-state index >= 15 is 0 Å². The first-order chi connectivity index (χ1) is 9.31. The summed E-state index contributed by atoms with van der Waals surface area (Å²) in [6, 6.07) is 5.11. The first-order valence-corrected chi connectivity index (χ1v) is 7.14. The fraction of sp³-hybridized carbons (Fsp3) is 0.429. The Labute approximate surface area is 126 Å². The highest BCUT2D eigenvalue weighted by molar-refractivity contribution is 9.10. The molecule has 6 heteroatoms. The van der Waals surface area contributed by atoms with E-state index in [1.54, 1.807) is 6.07 Å². The third-order valence-electron chi connectivity index (χ3n) is 3.04. The van der Waals surface area contributed by atoms with Gasteiger partial charge in [0.1, 0.15) is 0 Å². The van der Waals surface area contributed by atoms with Crippen molar-refractivity contribution in [2.75, 3.05) is 11.9 Å². The highest BCUT2D eigenvalue weighted by atomic mass is 79.9. The van der Waals surface area contributed by atoms with Gasteiger partial charge in [0, 0.05) is 16.7 Å². The Bertz CT molecular complexity index is 503. The second-order valence-corrected chi connectivity index (χ2v) is 5.90. The van der Waals surface area contributed by atoms with Crippen LogP contribution in [0.3, 0.4) is 0 Å². The Balaban J connectivity index is 2.57. The lowest BCUT2D eigenvalue weighted by Crippen LogP contribution is -2.37. The van der Waals surface area contributed by atoms with Gasteiger partial charge in [0.05, 0.1) is 5.92 Å². The number of rotatable bonds is 5. The van der Waals surface area contributed by atoms with E-state index in [0.29, 0.717) is 5.69 Å². The third-order valence-corrected chi connectivity index (χ3v) is 3.53. The van der Waals surface area contributed by atoms with Crippen molar-refractivity contribution in [3.8, 4) is 0 Å². The normalized spacial score (nSPS) is 12.1. The first-order valence-electron chi connectivity index (χ1n) is 6.35. The fourth-order valence-corrected chi connectivity index (χ4v) is 2.22. The lowest BCUT2D eigenvalue weighted by Gasteiger charge is -2.17.